The molecule has 1 atom stereocenters. The van der Waals surface area contributed by atoms with Gasteiger partial charge in [-0.2, -0.15) is 5.10 Å². The maximum atomic E-state index is 13.4. The van der Waals surface area contributed by atoms with Crippen LogP contribution in [0.1, 0.15) is 46.0 Å². The van der Waals surface area contributed by atoms with E-state index in [2.05, 4.69) is 10.4 Å². The third kappa shape index (κ3) is 6.42. The second kappa shape index (κ2) is 10.5. The summed E-state index contributed by atoms with van der Waals surface area (Å²) in [5.41, 5.74) is -0.927. The fraction of sp³-hybridized carbons (Fsp3) is 0.500. The third-order valence-corrected chi connectivity index (χ3v) is 6.35. The molecule has 2 aromatic rings. The normalized spacial score (nSPS) is 17.4. The first-order valence-electron chi connectivity index (χ1n) is 12.1. The lowest BCUT2D eigenvalue weighted by Gasteiger charge is -2.29. The van der Waals surface area contributed by atoms with E-state index in [1.54, 1.807) is 54.9 Å². The molecule has 9 nitrogen and oxygen atoms in total. The summed E-state index contributed by atoms with van der Waals surface area (Å²) < 4.78 is 12.9. The standard InChI is InChI=1S/C26H34N4O5/c1-26(2,33)17-29-13-12-23(28-29)27-25(32)20(14-18-8-4-5-9-18)30-16-19(15-24(30)31)35-22-11-7-6-10-21(22)34-3/h6-7,10-13,15,18,20,33H,4-5,8-9,14,16-17H2,1-3H3,(H,27,28,32)/t20-/m0/s1. The molecule has 2 amide bonds. The van der Waals surface area contributed by atoms with E-state index >= 15 is 0 Å². The Morgan fingerprint density at radius 2 is 1.94 bits per heavy atom. The van der Waals surface area contributed by atoms with Gasteiger partial charge in [0.1, 0.15) is 11.8 Å². The van der Waals surface area contributed by atoms with Gasteiger partial charge in [0.25, 0.3) is 5.91 Å². The lowest BCUT2D eigenvalue weighted by molar-refractivity contribution is -0.134. The fourth-order valence-corrected chi connectivity index (χ4v) is 4.74. The van der Waals surface area contributed by atoms with E-state index in [1.807, 2.05) is 12.1 Å². The summed E-state index contributed by atoms with van der Waals surface area (Å²) in [6, 6.07) is 8.30. The summed E-state index contributed by atoms with van der Waals surface area (Å²) in [7, 11) is 1.56. The van der Waals surface area contributed by atoms with Crippen LogP contribution in [0, 0.1) is 5.92 Å². The molecule has 4 rings (SSSR count). The minimum Gasteiger partial charge on any atom is -0.493 e. The molecule has 35 heavy (non-hydrogen) atoms. The Balaban J connectivity index is 1.47. The number of ether oxygens (including phenoxy) is 2. The average Bonchev–Trinajstić information content (AvgIpc) is 3.54. The van der Waals surface area contributed by atoms with Crippen molar-refractivity contribution in [1.29, 1.82) is 0 Å². The molecular formula is C26H34N4O5. The third-order valence-electron chi connectivity index (χ3n) is 6.35. The highest BCUT2D eigenvalue weighted by molar-refractivity contribution is 5.99. The Labute approximate surface area is 205 Å². The smallest absolute Gasteiger partial charge is 0.251 e. The van der Waals surface area contributed by atoms with Crippen LogP contribution in [-0.4, -0.2) is 56.9 Å². The van der Waals surface area contributed by atoms with Crippen LogP contribution in [-0.2, 0) is 16.1 Å². The van der Waals surface area contributed by atoms with Crippen molar-refractivity contribution in [2.45, 2.75) is 64.1 Å². The largest absolute Gasteiger partial charge is 0.493 e. The molecule has 1 aliphatic heterocycles. The topological polar surface area (TPSA) is 106 Å². The van der Waals surface area contributed by atoms with E-state index in [-0.39, 0.29) is 18.4 Å². The van der Waals surface area contributed by atoms with Crippen molar-refractivity contribution in [3.05, 3.63) is 48.4 Å². The number of amides is 2. The molecule has 0 spiro atoms. The van der Waals surface area contributed by atoms with E-state index in [9.17, 15) is 14.7 Å². The number of hydrogen-bond donors (Lipinski definition) is 2. The van der Waals surface area contributed by atoms with Gasteiger partial charge in [0, 0.05) is 18.3 Å². The van der Waals surface area contributed by atoms with Gasteiger partial charge in [-0.05, 0) is 38.3 Å². The highest BCUT2D eigenvalue weighted by Gasteiger charge is 2.37. The van der Waals surface area contributed by atoms with Gasteiger partial charge in [-0.25, -0.2) is 0 Å². The van der Waals surface area contributed by atoms with Gasteiger partial charge in [0.15, 0.2) is 17.3 Å². The number of anilines is 1. The molecule has 0 saturated heterocycles. The van der Waals surface area contributed by atoms with Crippen molar-refractivity contribution in [2.75, 3.05) is 19.0 Å². The number of hydrogen-bond acceptors (Lipinski definition) is 6. The van der Waals surface area contributed by atoms with Crippen LogP contribution >= 0.6 is 0 Å². The predicted octanol–water partition coefficient (Wildman–Crippen LogP) is 3.36. The molecule has 1 aromatic heterocycles. The molecule has 0 radical (unpaired) electrons. The summed E-state index contributed by atoms with van der Waals surface area (Å²) in [6.07, 6.45) is 8.16. The first kappa shape index (κ1) is 24.8. The predicted molar refractivity (Wildman–Crippen MR) is 131 cm³/mol. The monoisotopic (exact) mass is 482 g/mol. The Hall–Kier alpha value is -3.33. The van der Waals surface area contributed by atoms with Gasteiger partial charge in [0.05, 0.1) is 25.8 Å². The number of benzene rings is 1. The minimum absolute atomic E-state index is 0.203. The minimum atomic E-state index is -0.927. The van der Waals surface area contributed by atoms with Crippen molar-refractivity contribution >= 4 is 17.6 Å². The lowest BCUT2D eigenvalue weighted by Crippen LogP contribution is -2.46. The SMILES string of the molecule is COc1ccccc1OC1=CC(=O)N([C@@H](CC2CCCC2)C(=O)Nc2ccn(CC(C)(C)O)n2)C1. The number of methoxy groups -OCH3 is 1. The number of nitrogens with zero attached hydrogens (tertiary/aromatic N) is 3. The molecule has 2 heterocycles. The van der Waals surface area contributed by atoms with Gasteiger partial charge in [-0.3, -0.25) is 14.3 Å². The van der Waals surface area contributed by atoms with Crippen LogP contribution in [0.3, 0.4) is 0 Å². The maximum Gasteiger partial charge on any atom is 0.251 e. The second-order valence-electron chi connectivity index (χ2n) is 9.93. The molecule has 1 aliphatic carbocycles. The van der Waals surface area contributed by atoms with Crippen LogP contribution in [0.5, 0.6) is 11.5 Å². The summed E-state index contributed by atoms with van der Waals surface area (Å²) >= 11 is 0. The molecule has 2 aliphatic rings. The Morgan fingerprint density at radius 3 is 2.63 bits per heavy atom. The highest BCUT2D eigenvalue weighted by Crippen LogP contribution is 2.33. The number of para-hydroxylation sites is 2. The molecule has 1 saturated carbocycles. The van der Waals surface area contributed by atoms with Gasteiger partial charge in [-0.15, -0.1) is 0 Å². The molecule has 2 N–H and O–H groups in total. The molecular weight excluding hydrogens is 448 g/mol. The van der Waals surface area contributed by atoms with E-state index in [0.717, 1.165) is 25.7 Å². The second-order valence-corrected chi connectivity index (χ2v) is 9.93. The van der Waals surface area contributed by atoms with E-state index in [1.165, 1.54) is 6.08 Å². The van der Waals surface area contributed by atoms with Crippen LogP contribution in [0.2, 0.25) is 0 Å². The molecule has 9 heteroatoms. The van der Waals surface area contributed by atoms with E-state index < -0.39 is 11.6 Å². The van der Waals surface area contributed by atoms with Crippen LogP contribution < -0.4 is 14.8 Å². The van der Waals surface area contributed by atoms with Gasteiger partial charge < -0.3 is 24.8 Å². The zero-order chi connectivity index (χ0) is 25.0. The summed E-state index contributed by atoms with van der Waals surface area (Å²) in [5.74, 6) is 1.82. The van der Waals surface area contributed by atoms with Crippen LogP contribution in [0.25, 0.3) is 0 Å². The highest BCUT2D eigenvalue weighted by atomic mass is 16.5. The average molecular weight is 483 g/mol. The quantitative estimate of drug-likeness (QED) is 0.538. The Morgan fingerprint density at radius 1 is 1.23 bits per heavy atom. The summed E-state index contributed by atoms with van der Waals surface area (Å²) in [6.45, 7) is 3.89. The van der Waals surface area contributed by atoms with Crippen LogP contribution in [0.4, 0.5) is 5.82 Å². The number of nitrogens with one attached hydrogen (secondary N) is 1. The zero-order valence-electron chi connectivity index (χ0n) is 20.6. The first-order valence-corrected chi connectivity index (χ1v) is 12.1. The Kier molecular flexibility index (Phi) is 7.45. The molecule has 188 valence electrons. The molecule has 0 bridgehead atoms. The maximum absolute atomic E-state index is 13.4. The fourth-order valence-electron chi connectivity index (χ4n) is 4.74. The summed E-state index contributed by atoms with van der Waals surface area (Å²) in [5, 5.41) is 17.3. The number of carbonyl (C=O) groups excluding carboxylic acids is 2. The zero-order valence-corrected chi connectivity index (χ0v) is 20.6. The van der Waals surface area contributed by atoms with Gasteiger partial charge in [0.2, 0.25) is 5.91 Å². The van der Waals surface area contributed by atoms with Crippen molar-refractivity contribution in [3.8, 4) is 11.5 Å². The lowest BCUT2D eigenvalue weighted by atomic mass is 9.96. The molecule has 1 fully saturated rings. The molecule has 0 unspecified atom stereocenters. The van der Waals surface area contributed by atoms with E-state index in [0.29, 0.717) is 42.0 Å². The molecule has 1 aromatic carbocycles. The van der Waals surface area contributed by atoms with Gasteiger partial charge >= 0.3 is 0 Å². The van der Waals surface area contributed by atoms with Crippen molar-refractivity contribution in [1.82, 2.24) is 14.7 Å². The van der Waals surface area contributed by atoms with Crippen molar-refractivity contribution in [3.63, 3.8) is 0 Å². The number of aliphatic hydroxyl groups is 1. The number of rotatable bonds is 10. The Bertz CT molecular complexity index is 1080. The first-order chi connectivity index (χ1) is 16.7. The van der Waals surface area contributed by atoms with Gasteiger partial charge in [-0.1, -0.05) is 37.8 Å². The summed E-state index contributed by atoms with van der Waals surface area (Å²) in [4.78, 5) is 28.0. The van der Waals surface area contributed by atoms with E-state index in [4.69, 9.17) is 9.47 Å². The number of carbonyl (C=O) groups is 2. The number of aromatic nitrogens is 2. The van der Waals surface area contributed by atoms with Crippen molar-refractivity contribution < 1.29 is 24.2 Å². The van der Waals surface area contributed by atoms with Crippen molar-refractivity contribution in [2.24, 2.45) is 5.92 Å². The van der Waals surface area contributed by atoms with Crippen LogP contribution in [0.15, 0.2) is 48.4 Å².